The third-order valence-corrected chi connectivity index (χ3v) is 7.34. The first-order valence-corrected chi connectivity index (χ1v) is 9.50. The predicted octanol–water partition coefficient (Wildman–Crippen LogP) is 3.59. The molecule has 3 rings (SSSR count). The van der Waals surface area contributed by atoms with Gasteiger partial charge < -0.3 is 4.74 Å². The lowest BCUT2D eigenvalue weighted by molar-refractivity contribution is 0.391. The van der Waals surface area contributed by atoms with Crippen LogP contribution in [0.4, 0.5) is 0 Å². The number of benzene rings is 1. The molecule has 1 aromatic heterocycles. The van der Waals surface area contributed by atoms with Crippen molar-refractivity contribution in [3.63, 3.8) is 0 Å². The fraction of sp³-hybridized carbons (Fsp3) is 0.375. The molecule has 1 atom stereocenters. The Morgan fingerprint density at radius 2 is 2.09 bits per heavy atom. The molecule has 6 heteroatoms. The molecule has 4 nitrogen and oxygen atoms in total. The van der Waals surface area contributed by atoms with Gasteiger partial charge in [-0.05, 0) is 49.6 Å². The van der Waals surface area contributed by atoms with E-state index >= 15 is 0 Å². The molecule has 22 heavy (non-hydrogen) atoms. The predicted molar refractivity (Wildman–Crippen MR) is 87.9 cm³/mol. The Kier molecular flexibility index (Phi) is 4.25. The quantitative estimate of drug-likeness (QED) is 0.856. The van der Waals surface area contributed by atoms with Crippen LogP contribution < -0.4 is 4.74 Å². The van der Waals surface area contributed by atoms with Gasteiger partial charge in [-0.1, -0.05) is 12.1 Å². The molecule has 1 saturated heterocycles. The average Bonchev–Trinajstić information content (AvgIpc) is 3.16. The van der Waals surface area contributed by atoms with Crippen molar-refractivity contribution in [2.24, 2.45) is 0 Å². The molecule has 1 fully saturated rings. The fourth-order valence-corrected chi connectivity index (χ4v) is 5.97. The van der Waals surface area contributed by atoms with E-state index in [9.17, 15) is 8.42 Å². The Hall–Kier alpha value is -1.37. The Labute approximate surface area is 135 Å². The van der Waals surface area contributed by atoms with Crippen molar-refractivity contribution in [2.45, 2.75) is 30.0 Å². The van der Waals surface area contributed by atoms with Gasteiger partial charge in [-0.15, -0.1) is 11.3 Å². The van der Waals surface area contributed by atoms with Crippen LogP contribution in [-0.2, 0) is 10.0 Å². The molecule has 0 aliphatic carbocycles. The number of sulfonamides is 1. The zero-order valence-electron chi connectivity index (χ0n) is 12.7. The summed E-state index contributed by atoms with van der Waals surface area (Å²) in [6.45, 7) is 2.49. The molecule has 0 amide bonds. The van der Waals surface area contributed by atoms with Gasteiger partial charge in [-0.3, -0.25) is 0 Å². The van der Waals surface area contributed by atoms with E-state index in [1.807, 2.05) is 37.3 Å². The first-order valence-electron chi connectivity index (χ1n) is 7.24. The molecule has 118 valence electrons. The third kappa shape index (κ3) is 2.78. The summed E-state index contributed by atoms with van der Waals surface area (Å²) < 4.78 is 33.1. The second-order valence-electron chi connectivity index (χ2n) is 5.42. The number of rotatable bonds is 4. The van der Waals surface area contributed by atoms with Crippen molar-refractivity contribution in [2.75, 3.05) is 13.7 Å². The minimum atomic E-state index is -3.42. The van der Waals surface area contributed by atoms with Crippen molar-refractivity contribution < 1.29 is 13.2 Å². The van der Waals surface area contributed by atoms with Crippen LogP contribution in [0.1, 0.15) is 29.3 Å². The van der Waals surface area contributed by atoms with E-state index in [0.717, 1.165) is 29.0 Å². The first kappa shape index (κ1) is 15.5. The summed E-state index contributed by atoms with van der Waals surface area (Å²) in [5.74, 6) is 0.758. The molecule has 1 unspecified atom stereocenters. The average molecular weight is 337 g/mol. The van der Waals surface area contributed by atoms with E-state index in [2.05, 4.69) is 0 Å². The van der Waals surface area contributed by atoms with E-state index in [4.69, 9.17) is 4.74 Å². The minimum absolute atomic E-state index is 0.109. The zero-order valence-corrected chi connectivity index (χ0v) is 14.3. The lowest BCUT2D eigenvalue weighted by atomic mass is 10.1. The van der Waals surface area contributed by atoms with Crippen LogP contribution >= 0.6 is 11.3 Å². The molecule has 1 aliphatic rings. The van der Waals surface area contributed by atoms with Crippen LogP contribution in [0.3, 0.4) is 0 Å². The maximum Gasteiger partial charge on any atom is 0.253 e. The molecule has 0 bridgehead atoms. The van der Waals surface area contributed by atoms with Crippen molar-refractivity contribution in [1.29, 1.82) is 0 Å². The highest BCUT2D eigenvalue weighted by molar-refractivity contribution is 7.91. The molecule has 0 N–H and O–H groups in total. The van der Waals surface area contributed by atoms with Gasteiger partial charge in [0, 0.05) is 11.4 Å². The highest BCUT2D eigenvalue weighted by atomic mass is 32.2. The van der Waals surface area contributed by atoms with Crippen LogP contribution in [0.25, 0.3) is 0 Å². The van der Waals surface area contributed by atoms with E-state index in [1.165, 1.54) is 11.3 Å². The highest BCUT2D eigenvalue weighted by Crippen LogP contribution is 2.38. The van der Waals surface area contributed by atoms with Crippen LogP contribution in [0, 0.1) is 6.92 Å². The number of ether oxygens (including phenoxy) is 1. The molecular formula is C16H19NO3S2. The Bertz CT molecular complexity index is 767. The van der Waals surface area contributed by atoms with E-state index in [0.29, 0.717) is 10.8 Å². The van der Waals surface area contributed by atoms with Gasteiger partial charge in [0.05, 0.1) is 13.2 Å². The summed E-state index contributed by atoms with van der Waals surface area (Å²) in [4.78, 5) is 1.01. The summed E-state index contributed by atoms with van der Waals surface area (Å²) in [6, 6.07) is 11.1. The van der Waals surface area contributed by atoms with Gasteiger partial charge >= 0.3 is 0 Å². The van der Waals surface area contributed by atoms with Crippen molar-refractivity contribution >= 4 is 21.4 Å². The molecule has 0 radical (unpaired) electrons. The maximum absolute atomic E-state index is 12.9. The summed E-state index contributed by atoms with van der Waals surface area (Å²) in [5.41, 5.74) is 0.994. The number of nitrogens with zero attached hydrogens (tertiary/aromatic N) is 1. The second-order valence-corrected chi connectivity index (χ2v) is 8.82. The molecule has 1 aliphatic heterocycles. The van der Waals surface area contributed by atoms with E-state index < -0.39 is 10.0 Å². The minimum Gasteiger partial charge on any atom is -0.497 e. The first-order chi connectivity index (χ1) is 10.5. The lowest BCUT2D eigenvalue weighted by Gasteiger charge is -2.24. The second kappa shape index (κ2) is 6.02. The Balaban J connectivity index is 1.96. The van der Waals surface area contributed by atoms with Gasteiger partial charge in [0.15, 0.2) is 0 Å². The third-order valence-electron chi connectivity index (χ3n) is 3.96. The van der Waals surface area contributed by atoms with Crippen LogP contribution in [0.2, 0.25) is 0 Å². The number of hydrogen-bond acceptors (Lipinski definition) is 4. The number of hydrogen-bond donors (Lipinski definition) is 0. The summed E-state index contributed by atoms with van der Waals surface area (Å²) in [7, 11) is -1.80. The van der Waals surface area contributed by atoms with Gasteiger partial charge in [0.25, 0.3) is 10.0 Å². The molecule has 2 aromatic rings. The van der Waals surface area contributed by atoms with Gasteiger partial charge in [-0.2, -0.15) is 4.31 Å². The Morgan fingerprint density at radius 3 is 2.77 bits per heavy atom. The summed E-state index contributed by atoms with van der Waals surface area (Å²) in [6.07, 6.45) is 1.72. The summed E-state index contributed by atoms with van der Waals surface area (Å²) in [5, 5.41) is 0. The molecule has 0 saturated carbocycles. The number of methoxy groups -OCH3 is 1. The molecule has 0 spiro atoms. The largest absolute Gasteiger partial charge is 0.497 e. The number of aryl methyl sites for hydroxylation is 1. The standard InChI is InChI=1S/C16H19NO3S2/c1-12-8-9-16(21-12)22(18,19)17-10-4-7-15(17)13-5-3-6-14(11-13)20-2/h3,5-6,8-9,11,15H,4,7,10H2,1-2H3. The van der Waals surface area contributed by atoms with Crippen LogP contribution in [0.15, 0.2) is 40.6 Å². The molecular weight excluding hydrogens is 318 g/mol. The van der Waals surface area contributed by atoms with Crippen LogP contribution in [0.5, 0.6) is 5.75 Å². The summed E-state index contributed by atoms with van der Waals surface area (Å²) >= 11 is 1.33. The topological polar surface area (TPSA) is 46.6 Å². The van der Waals surface area contributed by atoms with Gasteiger partial charge in [0.2, 0.25) is 0 Å². The van der Waals surface area contributed by atoms with Gasteiger partial charge in [-0.25, -0.2) is 8.42 Å². The van der Waals surface area contributed by atoms with E-state index in [-0.39, 0.29) is 6.04 Å². The SMILES string of the molecule is COc1cccc(C2CCCN2S(=O)(=O)c2ccc(C)s2)c1. The van der Waals surface area contributed by atoms with Crippen molar-refractivity contribution in [3.05, 3.63) is 46.8 Å². The molecule has 2 heterocycles. The van der Waals surface area contributed by atoms with E-state index in [1.54, 1.807) is 17.5 Å². The smallest absolute Gasteiger partial charge is 0.253 e. The maximum atomic E-state index is 12.9. The normalized spacial score (nSPS) is 19.5. The monoisotopic (exact) mass is 337 g/mol. The zero-order chi connectivity index (χ0) is 15.7. The number of thiophene rings is 1. The van der Waals surface area contributed by atoms with Gasteiger partial charge in [0.1, 0.15) is 9.96 Å². The highest BCUT2D eigenvalue weighted by Gasteiger charge is 2.36. The van der Waals surface area contributed by atoms with Crippen molar-refractivity contribution in [3.8, 4) is 5.75 Å². The van der Waals surface area contributed by atoms with Crippen LogP contribution in [-0.4, -0.2) is 26.4 Å². The lowest BCUT2D eigenvalue weighted by Crippen LogP contribution is -2.30. The Morgan fingerprint density at radius 1 is 1.27 bits per heavy atom. The molecule has 1 aromatic carbocycles. The van der Waals surface area contributed by atoms with Crippen molar-refractivity contribution in [1.82, 2.24) is 4.31 Å². The fourth-order valence-electron chi connectivity index (χ4n) is 2.88.